The molecule has 1 aromatic heterocycles. The Labute approximate surface area is 112 Å². The van der Waals surface area contributed by atoms with Crippen LogP contribution in [0.3, 0.4) is 0 Å². The fourth-order valence-corrected chi connectivity index (χ4v) is 4.10. The first-order valence-electron chi connectivity index (χ1n) is 6.31. The van der Waals surface area contributed by atoms with Crippen molar-refractivity contribution in [2.24, 2.45) is 0 Å². The van der Waals surface area contributed by atoms with E-state index in [1.807, 2.05) is 29.3 Å². The van der Waals surface area contributed by atoms with Crippen LogP contribution in [0.25, 0.3) is 0 Å². The molecule has 0 aliphatic carbocycles. The van der Waals surface area contributed by atoms with Crippen molar-refractivity contribution in [2.75, 3.05) is 11.5 Å². The van der Waals surface area contributed by atoms with Gasteiger partial charge in [-0.05, 0) is 49.1 Å². The summed E-state index contributed by atoms with van der Waals surface area (Å²) in [6, 6.07) is 5.06. The molecule has 17 heavy (non-hydrogen) atoms. The first-order chi connectivity index (χ1) is 8.25. The van der Waals surface area contributed by atoms with Crippen LogP contribution in [0.15, 0.2) is 17.5 Å². The van der Waals surface area contributed by atoms with Gasteiger partial charge >= 0.3 is 0 Å². The van der Waals surface area contributed by atoms with Gasteiger partial charge in [-0.15, -0.1) is 11.3 Å². The Bertz CT molecular complexity index is 309. The molecule has 0 bridgehead atoms. The zero-order valence-corrected chi connectivity index (χ0v) is 11.9. The van der Waals surface area contributed by atoms with Crippen LogP contribution < -0.4 is 5.32 Å². The summed E-state index contributed by atoms with van der Waals surface area (Å²) in [6.07, 6.45) is 3.04. The summed E-state index contributed by atoms with van der Waals surface area (Å²) in [5, 5.41) is 15.7. The molecule has 0 saturated carbocycles. The summed E-state index contributed by atoms with van der Waals surface area (Å²) in [4.78, 5) is 1.08. The van der Waals surface area contributed by atoms with E-state index in [0.29, 0.717) is 12.1 Å². The first-order valence-corrected chi connectivity index (χ1v) is 8.34. The Morgan fingerprint density at radius 1 is 1.47 bits per heavy atom. The molecule has 2 heterocycles. The Morgan fingerprint density at radius 2 is 2.24 bits per heavy atom. The third kappa shape index (κ3) is 4.28. The topological polar surface area (TPSA) is 32.3 Å². The number of nitrogens with one attached hydrogen (secondary N) is 1. The molecular formula is C13H21NOS2. The van der Waals surface area contributed by atoms with Gasteiger partial charge in [-0.3, -0.25) is 0 Å². The molecule has 2 nitrogen and oxygen atoms in total. The maximum absolute atomic E-state index is 10.1. The number of thioether (sulfide) groups is 1. The van der Waals surface area contributed by atoms with Crippen molar-refractivity contribution in [2.45, 2.75) is 44.4 Å². The van der Waals surface area contributed by atoms with Gasteiger partial charge in [0.05, 0.1) is 6.10 Å². The van der Waals surface area contributed by atoms with E-state index in [9.17, 15) is 5.11 Å². The van der Waals surface area contributed by atoms with Crippen LogP contribution in [-0.2, 0) is 0 Å². The molecule has 0 amide bonds. The molecule has 0 aromatic carbocycles. The lowest BCUT2D eigenvalue weighted by atomic mass is 10.1. The average molecular weight is 271 g/mol. The number of thiophene rings is 1. The molecule has 1 aliphatic heterocycles. The molecule has 1 saturated heterocycles. The van der Waals surface area contributed by atoms with Crippen molar-refractivity contribution >= 4 is 23.1 Å². The van der Waals surface area contributed by atoms with Crippen LogP contribution in [0.4, 0.5) is 0 Å². The summed E-state index contributed by atoms with van der Waals surface area (Å²) in [5.41, 5.74) is 0. The van der Waals surface area contributed by atoms with Crippen molar-refractivity contribution in [3.8, 4) is 0 Å². The number of aliphatic hydroxyl groups excluding tert-OH is 1. The highest BCUT2D eigenvalue weighted by Gasteiger charge is 2.18. The lowest BCUT2D eigenvalue weighted by molar-refractivity contribution is 0.154. The highest BCUT2D eigenvalue weighted by Crippen LogP contribution is 2.24. The van der Waals surface area contributed by atoms with Crippen molar-refractivity contribution in [3.05, 3.63) is 22.4 Å². The third-order valence-electron chi connectivity index (χ3n) is 3.19. The Morgan fingerprint density at radius 3 is 2.88 bits per heavy atom. The van der Waals surface area contributed by atoms with E-state index in [4.69, 9.17) is 0 Å². The number of hydrogen-bond acceptors (Lipinski definition) is 4. The van der Waals surface area contributed by atoms with Crippen LogP contribution in [0.2, 0.25) is 0 Å². The fourth-order valence-electron chi connectivity index (χ4n) is 2.27. The van der Waals surface area contributed by atoms with Crippen molar-refractivity contribution in [1.82, 2.24) is 5.32 Å². The normalized spacial score (nSPS) is 21.3. The summed E-state index contributed by atoms with van der Waals surface area (Å²) in [7, 11) is 0. The van der Waals surface area contributed by atoms with Gasteiger partial charge < -0.3 is 10.4 Å². The number of rotatable bonds is 5. The minimum absolute atomic E-state index is 0.310. The summed E-state index contributed by atoms with van der Waals surface area (Å²) in [5.74, 6) is 2.55. The lowest BCUT2D eigenvalue weighted by Gasteiger charge is -2.27. The average Bonchev–Trinajstić information content (AvgIpc) is 2.83. The molecule has 1 fully saturated rings. The van der Waals surface area contributed by atoms with Gasteiger partial charge in [-0.2, -0.15) is 11.8 Å². The van der Waals surface area contributed by atoms with E-state index < -0.39 is 0 Å². The second-order valence-corrected chi connectivity index (χ2v) is 6.93. The highest BCUT2D eigenvalue weighted by atomic mass is 32.2. The molecule has 2 rings (SSSR count). The Kier molecular flexibility index (Phi) is 5.35. The van der Waals surface area contributed by atoms with E-state index in [2.05, 4.69) is 12.2 Å². The number of aliphatic hydroxyl groups is 1. The van der Waals surface area contributed by atoms with Crippen molar-refractivity contribution in [1.29, 1.82) is 0 Å². The van der Waals surface area contributed by atoms with Crippen LogP contribution >= 0.6 is 23.1 Å². The molecule has 1 aromatic rings. The van der Waals surface area contributed by atoms with Gasteiger partial charge in [0.2, 0.25) is 0 Å². The smallest absolute Gasteiger partial charge is 0.0896 e. The van der Waals surface area contributed by atoms with Crippen LogP contribution in [-0.4, -0.2) is 28.7 Å². The lowest BCUT2D eigenvalue weighted by Crippen LogP contribution is -2.39. The van der Waals surface area contributed by atoms with Gasteiger partial charge in [0, 0.05) is 17.0 Å². The van der Waals surface area contributed by atoms with E-state index in [1.165, 1.54) is 24.3 Å². The first kappa shape index (κ1) is 13.4. The van der Waals surface area contributed by atoms with E-state index in [0.717, 1.165) is 11.3 Å². The Balaban J connectivity index is 1.74. The predicted molar refractivity (Wildman–Crippen MR) is 76.8 cm³/mol. The molecule has 4 heteroatoms. The maximum atomic E-state index is 10.1. The SMILES string of the molecule is C[C@@H](C[C@H](O)c1cccs1)NC1CCSCC1. The Hall–Kier alpha value is -0.0300. The van der Waals surface area contributed by atoms with Gasteiger partial charge in [0.15, 0.2) is 0 Å². The fraction of sp³-hybridized carbons (Fsp3) is 0.692. The third-order valence-corrected chi connectivity index (χ3v) is 5.21. The van der Waals surface area contributed by atoms with E-state index in [-0.39, 0.29) is 6.10 Å². The standard InChI is InChI=1S/C13H21NOS2/c1-10(14-11-4-7-16-8-5-11)9-12(15)13-3-2-6-17-13/h2-3,6,10-12,14-15H,4-5,7-9H2,1H3/t10-,12-/m0/s1. The highest BCUT2D eigenvalue weighted by molar-refractivity contribution is 7.99. The largest absolute Gasteiger partial charge is 0.388 e. The summed E-state index contributed by atoms with van der Waals surface area (Å²) < 4.78 is 0. The molecule has 0 radical (unpaired) electrons. The molecule has 2 N–H and O–H groups in total. The molecule has 1 aliphatic rings. The second kappa shape index (κ2) is 6.78. The van der Waals surface area contributed by atoms with E-state index >= 15 is 0 Å². The molecule has 96 valence electrons. The van der Waals surface area contributed by atoms with E-state index in [1.54, 1.807) is 11.3 Å². The molecule has 0 spiro atoms. The monoisotopic (exact) mass is 271 g/mol. The summed E-state index contributed by atoms with van der Waals surface area (Å²) >= 11 is 3.69. The predicted octanol–water partition coefficient (Wildman–Crippen LogP) is 3.05. The second-order valence-electron chi connectivity index (χ2n) is 4.72. The zero-order chi connectivity index (χ0) is 12.1. The van der Waals surface area contributed by atoms with Crippen molar-refractivity contribution < 1.29 is 5.11 Å². The molecular weight excluding hydrogens is 250 g/mol. The molecule has 0 unspecified atom stereocenters. The van der Waals surface area contributed by atoms with Crippen molar-refractivity contribution in [3.63, 3.8) is 0 Å². The summed E-state index contributed by atoms with van der Waals surface area (Å²) in [6.45, 7) is 2.18. The maximum Gasteiger partial charge on any atom is 0.0896 e. The van der Waals surface area contributed by atoms with Gasteiger partial charge in [0.25, 0.3) is 0 Å². The minimum atomic E-state index is -0.310. The van der Waals surface area contributed by atoms with Crippen LogP contribution in [0, 0.1) is 0 Å². The van der Waals surface area contributed by atoms with Crippen LogP contribution in [0.1, 0.15) is 37.2 Å². The van der Waals surface area contributed by atoms with Gasteiger partial charge in [-0.25, -0.2) is 0 Å². The van der Waals surface area contributed by atoms with Gasteiger partial charge in [-0.1, -0.05) is 6.07 Å². The number of hydrogen-bond donors (Lipinski definition) is 2. The van der Waals surface area contributed by atoms with Crippen LogP contribution in [0.5, 0.6) is 0 Å². The van der Waals surface area contributed by atoms with Gasteiger partial charge in [0.1, 0.15) is 0 Å². The molecule has 2 atom stereocenters. The minimum Gasteiger partial charge on any atom is -0.388 e. The quantitative estimate of drug-likeness (QED) is 0.863. The zero-order valence-electron chi connectivity index (χ0n) is 10.3.